The summed E-state index contributed by atoms with van der Waals surface area (Å²) in [5.41, 5.74) is 0. The Kier molecular flexibility index (Phi) is 6.00. The number of nitrogens with one attached hydrogen (secondary N) is 1. The Bertz CT molecular complexity index is 578. The molecule has 5 nitrogen and oxygen atoms in total. The quantitative estimate of drug-likeness (QED) is 0.826. The van der Waals surface area contributed by atoms with E-state index in [4.69, 9.17) is 0 Å². The topological polar surface area (TPSA) is 66.5 Å². The molecule has 1 aliphatic carbocycles. The molecule has 124 valence electrons. The minimum absolute atomic E-state index is 0.00716. The van der Waals surface area contributed by atoms with Crippen LogP contribution >= 0.6 is 11.3 Å². The number of carbonyl (C=O) groups is 1. The van der Waals surface area contributed by atoms with Crippen molar-refractivity contribution in [3.63, 3.8) is 0 Å². The average Bonchev–Trinajstić information content (AvgIpc) is 3.17. The van der Waals surface area contributed by atoms with Crippen LogP contribution in [0.15, 0.2) is 17.5 Å². The van der Waals surface area contributed by atoms with Crippen LogP contribution in [0.2, 0.25) is 0 Å². The number of hydrogen-bond acceptors (Lipinski definition) is 4. The van der Waals surface area contributed by atoms with Gasteiger partial charge in [-0.05, 0) is 37.1 Å². The van der Waals surface area contributed by atoms with Crippen molar-refractivity contribution in [3.8, 4) is 0 Å². The first-order valence-electron chi connectivity index (χ1n) is 7.71. The van der Waals surface area contributed by atoms with Crippen molar-refractivity contribution in [3.05, 3.63) is 22.4 Å². The second kappa shape index (κ2) is 7.57. The van der Waals surface area contributed by atoms with E-state index < -0.39 is 10.0 Å². The van der Waals surface area contributed by atoms with Gasteiger partial charge >= 0.3 is 0 Å². The van der Waals surface area contributed by atoms with E-state index in [1.54, 1.807) is 18.3 Å². The first kappa shape index (κ1) is 17.4. The van der Waals surface area contributed by atoms with Gasteiger partial charge in [-0.2, -0.15) is 4.31 Å². The van der Waals surface area contributed by atoms with Crippen molar-refractivity contribution in [2.75, 3.05) is 19.3 Å². The van der Waals surface area contributed by atoms with Crippen molar-refractivity contribution >= 4 is 27.3 Å². The summed E-state index contributed by atoms with van der Waals surface area (Å²) >= 11 is 1.64. The molecule has 1 aromatic rings. The molecule has 0 saturated heterocycles. The molecule has 1 unspecified atom stereocenters. The molecule has 1 heterocycles. The maximum Gasteiger partial charge on any atom is 0.235 e. The normalized spacial score (nSPS) is 17.8. The lowest BCUT2D eigenvalue weighted by Gasteiger charge is -2.25. The number of nitrogens with zero attached hydrogens (tertiary/aromatic N) is 1. The largest absolute Gasteiger partial charge is 0.347 e. The van der Waals surface area contributed by atoms with Gasteiger partial charge in [0.25, 0.3) is 0 Å². The van der Waals surface area contributed by atoms with Crippen LogP contribution in [0.1, 0.15) is 43.5 Å². The molecule has 0 aliphatic heterocycles. The zero-order chi connectivity index (χ0) is 16.2. The fourth-order valence-electron chi connectivity index (χ4n) is 2.92. The van der Waals surface area contributed by atoms with E-state index >= 15 is 0 Å². The van der Waals surface area contributed by atoms with Crippen LogP contribution in [0, 0.1) is 5.92 Å². The lowest BCUT2D eigenvalue weighted by molar-refractivity contribution is -0.122. The summed E-state index contributed by atoms with van der Waals surface area (Å²) in [5.74, 6) is 0.230. The van der Waals surface area contributed by atoms with Crippen LogP contribution in [-0.4, -0.2) is 38.0 Å². The number of likely N-dealkylation sites (N-methyl/N-ethyl adjacent to an activating group) is 1. The molecule has 0 spiro atoms. The third kappa shape index (κ3) is 4.30. The van der Waals surface area contributed by atoms with E-state index in [2.05, 4.69) is 5.32 Å². The van der Waals surface area contributed by atoms with Gasteiger partial charge in [-0.1, -0.05) is 18.9 Å². The molecular formula is C15H24N2O3S2. The van der Waals surface area contributed by atoms with E-state index in [-0.39, 0.29) is 24.2 Å². The predicted molar refractivity (Wildman–Crippen MR) is 89.3 cm³/mol. The summed E-state index contributed by atoms with van der Waals surface area (Å²) in [5, 5.41) is 5.06. The van der Waals surface area contributed by atoms with Crippen molar-refractivity contribution in [2.45, 2.75) is 38.6 Å². The second-order valence-corrected chi connectivity index (χ2v) is 9.11. The number of carbonyl (C=O) groups excluding carboxylic acids is 1. The van der Waals surface area contributed by atoms with Crippen LogP contribution in [0.3, 0.4) is 0 Å². The van der Waals surface area contributed by atoms with Gasteiger partial charge in [0, 0.05) is 11.9 Å². The summed E-state index contributed by atoms with van der Waals surface area (Å²) in [7, 11) is -1.87. The van der Waals surface area contributed by atoms with E-state index in [1.807, 2.05) is 17.5 Å². The highest BCUT2D eigenvalue weighted by atomic mass is 32.2. The summed E-state index contributed by atoms with van der Waals surface area (Å²) in [6, 6.07) is 4.04. The van der Waals surface area contributed by atoms with Crippen LogP contribution in [0.5, 0.6) is 0 Å². The first-order valence-corrected chi connectivity index (χ1v) is 10.2. The molecule has 1 amide bonds. The molecule has 1 aliphatic rings. The number of amides is 1. The van der Waals surface area contributed by atoms with Crippen LogP contribution < -0.4 is 5.32 Å². The van der Waals surface area contributed by atoms with Gasteiger partial charge in [-0.15, -0.1) is 11.3 Å². The van der Waals surface area contributed by atoms with Crippen molar-refractivity contribution < 1.29 is 13.2 Å². The summed E-state index contributed by atoms with van der Waals surface area (Å²) in [6.07, 6.45) is 4.64. The SMILES string of the molecule is CCS(=O)(=O)N(C)CC(=O)NC(c1cccs1)C1CCCC1. The highest BCUT2D eigenvalue weighted by Gasteiger charge is 2.29. The van der Waals surface area contributed by atoms with Gasteiger partial charge in [-0.25, -0.2) is 8.42 Å². The molecule has 1 N–H and O–H groups in total. The molecule has 1 aromatic heterocycles. The van der Waals surface area contributed by atoms with Gasteiger partial charge in [0.15, 0.2) is 0 Å². The van der Waals surface area contributed by atoms with Gasteiger partial charge in [0.1, 0.15) is 0 Å². The molecule has 0 aromatic carbocycles. The fraction of sp³-hybridized carbons (Fsp3) is 0.667. The summed E-state index contributed by atoms with van der Waals surface area (Å²) < 4.78 is 24.6. The number of hydrogen-bond donors (Lipinski definition) is 1. The Hall–Kier alpha value is -0.920. The van der Waals surface area contributed by atoms with Gasteiger partial charge in [0.2, 0.25) is 15.9 Å². The number of sulfonamides is 1. The average molecular weight is 345 g/mol. The van der Waals surface area contributed by atoms with E-state index in [9.17, 15) is 13.2 Å². The lowest BCUT2D eigenvalue weighted by Crippen LogP contribution is -2.41. The standard InChI is InChI=1S/C15H24N2O3S2/c1-3-22(19,20)17(2)11-14(18)16-15(12-7-4-5-8-12)13-9-6-10-21-13/h6,9-10,12,15H,3-5,7-8,11H2,1-2H3,(H,16,18). The molecule has 0 bridgehead atoms. The highest BCUT2D eigenvalue weighted by Crippen LogP contribution is 2.37. The molecule has 2 rings (SSSR count). The van der Waals surface area contributed by atoms with Crippen molar-refractivity contribution in [1.29, 1.82) is 0 Å². The Morgan fingerprint density at radius 2 is 2.14 bits per heavy atom. The van der Waals surface area contributed by atoms with Crippen molar-refractivity contribution in [2.24, 2.45) is 5.92 Å². The monoisotopic (exact) mass is 344 g/mol. The highest BCUT2D eigenvalue weighted by molar-refractivity contribution is 7.89. The third-order valence-electron chi connectivity index (χ3n) is 4.24. The molecular weight excluding hydrogens is 320 g/mol. The zero-order valence-corrected chi connectivity index (χ0v) is 14.8. The number of thiophene rings is 1. The smallest absolute Gasteiger partial charge is 0.235 e. The summed E-state index contributed by atoms with van der Waals surface area (Å²) in [6.45, 7) is 1.46. The Morgan fingerprint density at radius 1 is 1.45 bits per heavy atom. The Balaban J connectivity index is 2.02. The summed E-state index contributed by atoms with van der Waals surface area (Å²) in [4.78, 5) is 13.4. The maximum atomic E-state index is 12.3. The van der Waals surface area contributed by atoms with Crippen molar-refractivity contribution in [1.82, 2.24) is 9.62 Å². The van der Waals surface area contributed by atoms with Gasteiger partial charge in [0.05, 0.1) is 18.3 Å². The third-order valence-corrected chi connectivity index (χ3v) is 7.01. The van der Waals surface area contributed by atoms with E-state index in [0.29, 0.717) is 5.92 Å². The molecule has 1 fully saturated rings. The minimum Gasteiger partial charge on any atom is -0.347 e. The molecule has 1 atom stereocenters. The molecule has 1 saturated carbocycles. The van der Waals surface area contributed by atoms with Crippen LogP contribution in [0.4, 0.5) is 0 Å². The van der Waals surface area contributed by atoms with E-state index in [0.717, 1.165) is 22.0 Å². The van der Waals surface area contributed by atoms with Gasteiger partial charge in [-0.3, -0.25) is 4.79 Å². The Labute approximate surface area is 136 Å². The van der Waals surface area contributed by atoms with Gasteiger partial charge < -0.3 is 5.32 Å². The maximum absolute atomic E-state index is 12.3. The van der Waals surface area contributed by atoms with Crippen LogP contribution in [0.25, 0.3) is 0 Å². The Morgan fingerprint density at radius 3 is 2.68 bits per heavy atom. The molecule has 22 heavy (non-hydrogen) atoms. The van der Waals surface area contributed by atoms with Crippen LogP contribution in [-0.2, 0) is 14.8 Å². The fourth-order valence-corrected chi connectivity index (χ4v) is 4.54. The molecule has 0 radical (unpaired) electrons. The zero-order valence-electron chi connectivity index (χ0n) is 13.1. The lowest BCUT2D eigenvalue weighted by atomic mass is 9.96. The molecule has 7 heteroatoms. The van der Waals surface area contributed by atoms with E-state index in [1.165, 1.54) is 19.9 Å². The predicted octanol–water partition coefficient (Wildman–Crippen LogP) is 2.38. The number of rotatable bonds is 7. The minimum atomic E-state index is -3.33. The second-order valence-electron chi connectivity index (χ2n) is 5.76. The first-order chi connectivity index (χ1) is 10.4.